The number of hydrogen-bond acceptors (Lipinski definition) is 4. The predicted octanol–water partition coefficient (Wildman–Crippen LogP) is 2.22. The molecule has 2 aromatic rings. The lowest BCUT2D eigenvalue weighted by atomic mass is 10.3. The van der Waals surface area contributed by atoms with Crippen molar-refractivity contribution < 1.29 is 14.3 Å². The first-order chi connectivity index (χ1) is 12.2. The highest BCUT2D eigenvalue weighted by Gasteiger charge is 2.06. The molecule has 0 atom stereocenters. The summed E-state index contributed by atoms with van der Waals surface area (Å²) in [6.45, 7) is 3.58. The average Bonchev–Trinajstić information content (AvgIpc) is 2.62. The molecule has 0 aliphatic carbocycles. The molecule has 6 nitrogen and oxygen atoms in total. The maximum atomic E-state index is 11.8. The number of carbonyl (C=O) groups excluding carboxylic acids is 1. The van der Waals surface area contributed by atoms with Crippen LogP contribution in [-0.4, -0.2) is 30.2 Å². The summed E-state index contributed by atoms with van der Waals surface area (Å²) in [5, 5.41) is 2.81. The fourth-order valence-electron chi connectivity index (χ4n) is 2.32. The van der Waals surface area contributed by atoms with Crippen LogP contribution in [0.4, 0.5) is 0 Å². The van der Waals surface area contributed by atoms with E-state index >= 15 is 0 Å². The standard InChI is InChI=1S/C19H24N2O4/c1-2-24-16-9-3-4-10-17(16)25-15-18(22)20-12-6-8-14-21-13-7-5-11-19(21)23/h3-5,7,9-11,13H,2,6,8,12,14-15H2,1H3,(H,20,22). The van der Waals surface area contributed by atoms with Gasteiger partial charge in [0.05, 0.1) is 6.61 Å². The first kappa shape index (κ1) is 18.6. The number of hydrogen-bond donors (Lipinski definition) is 1. The summed E-state index contributed by atoms with van der Waals surface area (Å²) in [7, 11) is 0. The average molecular weight is 344 g/mol. The number of aryl methyl sites for hydroxylation is 1. The van der Waals surface area contributed by atoms with Crippen LogP contribution in [0.1, 0.15) is 19.8 Å². The molecule has 1 heterocycles. The Morgan fingerprint density at radius 1 is 1.04 bits per heavy atom. The van der Waals surface area contributed by atoms with E-state index in [0.717, 1.165) is 12.8 Å². The molecule has 1 amide bonds. The van der Waals surface area contributed by atoms with Crippen molar-refractivity contribution in [3.63, 3.8) is 0 Å². The Labute approximate surface area is 147 Å². The molecule has 25 heavy (non-hydrogen) atoms. The van der Waals surface area contributed by atoms with Crippen molar-refractivity contribution in [2.45, 2.75) is 26.3 Å². The molecule has 0 saturated heterocycles. The van der Waals surface area contributed by atoms with Crippen LogP contribution in [0.5, 0.6) is 11.5 Å². The van der Waals surface area contributed by atoms with E-state index in [9.17, 15) is 9.59 Å². The normalized spacial score (nSPS) is 10.3. The van der Waals surface area contributed by atoms with Crippen molar-refractivity contribution in [1.29, 1.82) is 0 Å². The molecule has 0 unspecified atom stereocenters. The minimum Gasteiger partial charge on any atom is -0.490 e. The Kier molecular flexibility index (Phi) is 7.56. The van der Waals surface area contributed by atoms with Crippen LogP contribution in [0.15, 0.2) is 53.5 Å². The van der Waals surface area contributed by atoms with Crippen molar-refractivity contribution in [3.8, 4) is 11.5 Å². The Morgan fingerprint density at radius 3 is 2.48 bits per heavy atom. The summed E-state index contributed by atoms with van der Waals surface area (Å²) in [6.07, 6.45) is 3.38. The fraction of sp³-hybridized carbons (Fsp3) is 0.368. The summed E-state index contributed by atoms with van der Waals surface area (Å²) in [5.41, 5.74) is -0.00657. The van der Waals surface area contributed by atoms with Gasteiger partial charge in [-0.15, -0.1) is 0 Å². The third-order valence-electron chi connectivity index (χ3n) is 3.55. The molecule has 0 spiro atoms. The molecule has 2 rings (SSSR count). The molecule has 1 aromatic heterocycles. The lowest BCUT2D eigenvalue weighted by molar-refractivity contribution is -0.123. The van der Waals surface area contributed by atoms with Gasteiger partial charge in [-0.3, -0.25) is 9.59 Å². The Bertz CT molecular complexity index is 727. The summed E-state index contributed by atoms with van der Waals surface area (Å²) in [6, 6.07) is 12.4. The molecular weight excluding hydrogens is 320 g/mol. The zero-order valence-electron chi connectivity index (χ0n) is 14.4. The van der Waals surface area contributed by atoms with Crippen molar-refractivity contribution in [3.05, 3.63) is 59.0 Å². The minimum absolute atomic E-state index is 0.00657. The van der Waals surface area contributed by atoms with Gasteiger partial charge in [-0.1, -0.05) is 18.2 Å². The van der Waals surface area contributed by atoms with Crippen molar-refractivity contribution >= 4 is 5.91 Å². The van der Waals surface area contributed by atoms with Gasteiger partial charge in [-0.05, 0) is 38.0 Å². The molecule has 1 aromatic carbocycles. The van der Waals surface area contributed by atoms with E-state index in [0.29, 0.717) is 31.2 Å². The monoisotopic (exact) mass is 344 g/mol. The van der Waals surface area contributed by atoms with Gasteiger partial charge in [-0.25, -0.2) is 0 Å². The molecule has 0 aliphatic heterocycles. The van der Waals surface area contributed by atoms with Crippen LogP contribution in [0.2, 0.25) is 0 Å². The number of aromatic nitrogens is 1. The van der Waals surface area contributed by atoms with E-state index in [4.69, 9.17) is 9.47 Å². The van der Waals surface area contributed by atoms with E-state index < -0.39 is 0 Å². The Balaban J connectivity index is 1.64. The largest absolute Gasteiger partial charge is 0.490 e. The van der Waals surface area contributed by atoms with Crippen LogP contribution in [0.3, 0.4) is 0 Å². The van der Waals surface area contributed by atoms with Crippen molar-refractivity contribution in [2.24, 2.45) is 0 Å². The minimum atomic E-state index is -0.178. The smallest absolute Gasteiger partial charge is 0.257 e. The summed E-state index contributed by atoms with van der Waals surface area (Å²) in [4.78, 5) is 23.4. The van der Waals surface area contributed by atoms with Gasteiger partial charge in [0, 0.05) is 25.4 Å². The molecule has 0 aliphatic rings. The van der Waals surface area contributed by atoms with Gasteiger partial charge in [0.1, 0.15) is 0 Å². The number of para-hydroxylation sites is 2. The van der Waals surface area contributed by atoms with Crippen molar-refractivity contribution in [2.75, 3.05) is 19.8 Å². The number of ether oxygens (including phenoxy) is 2. The molecule has 6 heteroatoms. The lowest BCUT2D eigenvalue weighted by Gasteiger charge is -2.11. The number of pyridine rings is 1. The van der Waals surface area contributed by atoms with Crippen LogP contribution >= 0.6 is 0 Å². The highest BCUT2D eigenvalue weighted by Crippen LogP contribution is 2.26. The van der Waals surface area contributed by atoms with E-state index in [-0.39, 0.29) is 18.1 Å². The zero-order valence-corrected chi connectivity index (χ0v) is 14.4. The van der Waals surface area contributed by atoms with Crippen LogP contribution < -0.4 is 20.3 Å². The zero-order chi connectivity index (χ0) is 17.9. The van der Waals surface area contributed by atoms with E-state index in [1.54, 1.807) is 29.0 Å². The first-order valence-corrected chi connectivity index (χ1v) is 8.47. The molecule has 0 saturated carbocycles. The third kappa shape index (κ3) is 6.33. The number of nitrogens with zero attached hydrogens (tertiary/aromatic N) is 1. The molecule has 0 fully saturated rings. The van der Waals surface area contributed by atoms with E-state index in [2.05, 4.69) is 5.32 Å². The lowest BCUT2D eigenvalue weighted by Crippen LogP contribution is -2.30. The number of nitrogens with one attached hydrogen (secondary N) is 1. The van der Waals surface area contributed by atoms with Crippen molar-refractivity contribution in [1.82, 2.24) is 9.88 Å². The van der Waals surface area contributed by atoms with Gasteiger partial charge >= 0.3 is 0 Å². The van der Waals surface area contributed by atoms with Gasteiger partial charge in [0.25, 0.3) is 5.91 Å². The van der Waals surface area contributed by atoms with Crippen LogP contribution in [-0.2, 0) is 11.3 Å². The number of carbonyl (C=O) groups is 1. The van der Waals surface area contributed by atoms with E-state index in [1.165, 1.54) is 0 Å². The second kappa shape index (κ2) is 10.2. The third-order valence-corrected chi connectivity index (χ3v) is 3.55. The Morgan fingerprint density at radius 2 is 1.76 bits per heavy atom. The second-order valence-corrected chi connectivity index (χ2v) is 5.46. The predicted molar refractivity (Wildman–Crippen MR) is 96.1 cm³/mol. The molecule has 134 valence electrons. The van der Waals surface area contributed by atoms with Crippen LogP contribution in [0.25, 0.3) is 0 Å². The summed E-state index contributed by atoms with van der Waals surface area (Å²) in [5.74, 6) is 1.01. The fourth-order valence-corrected chi connectivity index (χ4v) is 2.32. The van der Waals surface area contributed by atoms with Gasteiger partial charge in [-0.2, -0.15) is 0 Å². The van der Waals surface area contributed by atoms with E-state index in [1.807, 2.05) is 31.2 Å². The quantitative estimate of drug-likeness (QED) is 0.671. The van der Waals surface area contributed by atoms with Gasteiger partial charge in [0.15, 0.2) is 18.1 Å². The topological polar surface area (TPSA) is 69.6 Å². The number of benzene rings is 1. The molecule has 1 N–H and O–H groups in total. The number of rotatable bonds is 10. The summed E-state index contributed by atoms with van der Waals surface area (Å²) < 4.78 is 12.6. The van der Waals surface area contributed by atoms with Gasteiger partial charge < -0.3 is 19.4 Å². The van der Waals surface area contributed by atoms with Gasteiger partial charge in [0.2, 0.25) is 5.56 Å². The maximum absolute atomic E-state index is 11.8. The highest BCUT2D eigenvalue weighted by atomic mass is 16.5. The maximum Gasteiger partial charge on any atom is 0.257 e. The number of unbranched alkanes of at least 4 members (excludes halogenated alkanes) is 1. The summed E-state index contributed by atoms with van der Waals surface area (Å²) >= 11 is 0. The van der Waals surface area contributed by atoms with Crippen LogP contribution in [0, 0.1) is 0 Å². The Hall–Kier alpha value is -2.76. The molecule has 0 radical (unpaired) electrons. The number of amides is 1. The highest BCUT2D eigenvalue weighted by molar-refractivity contribution is 5.77. The SMILES string of the molecule is CCOc1ccccc1OCC(=O)NCCCCn1ccccc1=O. The molecular formula is C19H24N2O4. The first-order valence-electron chi connectivity index (χ1n) is 8.47. The molecule has 0 bridgehead atoms. The second-order valence-electron chi connectivity index (χ2n) is 5.46.